The molecule has 0 saturated heterocycles. The average Bonchev–Trinajstić information content (AvgIpc) is 2.13. The normalized spacial score (nSPS) is 10.3. The van der Waals surface area contributed by atoms with Crippen molar-refractivity contribution in [3.05, 3.63) is 37.9 Å². The molecule has 0 radical (unpaired) electrons. The summed E-state index contributed by atoms with van der Waals surface area (Å²) in [5.74, 6) is -2.25. The van der Waals surface area contributed by atoms with Crippen molar-refractivity contribution < 1.29 is 13.7 Å². The van der Waals surface area contributed by atoms with E-state index in [0.717, 1.165) is 6.07 Å². The molecular formula is C8H6BrF2NO2. The molecule has 0 aliphatic rings. The van der Waals surface area contributed by atoms with Gasteiger partial charge in [0.25, 0.3) is 5.69 Å². The summed E-state index contributed by atoms with van der Waals surface area (Å²) in [6.07, 6.45) is 0.0757. The summed E-state index contributed by atoms with van der Waals surface area (Å²) in [4.78, 5) is 9.76. The van der Waals surface area contributed by atoms with Crippen LogP contribution >= 0.6 is 15.9 Å². The Morgan fingerprint density at radius 1 is 1.50 bits per heavy atom. The third-order valence-electron chi connectivity index (χ3n) is 1.79. The molecule has 0 aliphatic carbocycles. The molecule has 0 spiro atoms. The van der Waals surface area contributed by atoms with Crippen molar-refractivity contribution >= 4 is 21.6 Å². The molecule has 1 rings (SSSR count). The summed E-state index contributed by atoms with van der Waals surface area (Å²) in [6, 6.07) is 0.969. The van der Waals surface area contributed by atoms with Crippen LogP contribution in [0.2, 0.25) is 0 Å². The Bertz CT molecular complexity index is 395. The van der Waals surface area contributed by atoms with E-state index in [1.807, 2.05) is 0 Å². The van der Waals surface area contributed by atoms with Gasteiger partial charge in [0.15, 0.2) is 11.6 Å². The first-order valence-electron chi connectivity index (χ1n) is 3.79. The number of hydrogen-bond acceptors (Lipinski definition) is 2. The van der Waals surface area contributed by atoms with Crippen LogP contribution in [0.25, 0.3) is 0 Å². The maximum absolute atomic E-state index is 13.2. The van der Waals surface area contributed by atoms with Crippen molar-refractivity contribution in [3.63, 3.8) is 0 Å². The molecule has 0 aliphatic heterocycles. The lowest BCUT2D eigenvalue weighted by Gasteiger charge is -2.03. The fourth-order valence-electron chi connectivity index (χ4n) is 1.12. The Kier molecular flexibility index (Phi) is 3.15. The second kappa shape index (κ2) is 4.00. The van der Waals surface area contributed by atoms with Crippen LogP contribution in [0.4, 0.5) is 14.5 Å². The highest BCUT2D eigenvalue weighted by Gasteiger charge is 2.22. The van der Waals surface area contributed by atoms with Gasteiger partial charge in [-0.15, -0.1) is 0 Å². The molecule has 0 N–H and O–H groups in total. The van der Waals surface area contributed by atoms with E-state index in [1.165, 1.54) is 6.92 Å². The molecule has 0 fully saturated rings. The van der Waals surface area contributed by atoms with E-state index in [4.69, 9.17) is 0 Å². The van der Waals surface area contributed by atoms with E-state index in [2.05, 4.69) is 15.9 Å². The predicted octanol–water partition coefficient (Wildman–Crippen LogP) is 3.20. The van der Waals surface area contributed by atoms with E-state index in [1.54, 1.807) is 0 Å². The van der Waals surface area contributed by atoms with Crippen LogP contribution in [-0.2, 0) is 6.42 Å². The van der Waals surface area contributed by atoms with Crippen LogP contribution in [0.15, 0.2) is 10.5 Å². The molecule has 14 heavy (non-hydrogen) atoms. The van der Waals surface area contributed by atoms with Crippen molar-refractivity contribution in [2.75, 3.05) is 0 Å². The van der Waals surface area contributed by atoms with Crippen LogP contribution in [0.3, 0.4) is 0 Å². The van der Waals surface area contributed by atoms with E-state index in [9.17, 15) is 18.9 Å². The first kappa shape index (κ1) is 11.0. The van der Waals surface area contributed by atoms with Crippen LogP contribution in [0, 0.1) is 21.7 Å². The summed E-state index contributed by atoms with van der Waals surface area (Å²) in [5.41, 5.74) is -0.617. The Hall–Kier alpha value is -1.04. The fourth-order valence-corrected chi connectivity index (χ4v) is 1.51. The van der Waals surface area contributed by atoms with Gasteiger partial charge in [-0.25, -0.2) is 8.78 Å². The third kappa shape index (κ3) is 1.75. The molecule has 0 atom stereocenters. The van der Waals surface area contributed by atoms with Gasteiger partial charge in [0.05, 0.1) is 15.0 Å². The van der Waals surface area contributed by atoms with Crippen molar-refractivity contribution in [2.24, 2.45) is 0 Å². The van der Waals surface area contributed by atoms with E-state index in [-0.39, 0.29) is 16.5 Å². The minimum Gasteiger partial charge on any atom is -0.258 e. The first-order valence-corrected chi connectivity index (χ1v) is 4.59. The minimum absolute atomic E-state index is 0.0757. The number of hydrogen-bond donors (Lipinski definition) is 0. The predicted molar refractivity (Wildman–Crippen MR) is 50.1 cm³/mol. The summed E-state index contributed by atoms with van der Waals surface area (Å²) in [7, 11) is 0. The monoisotopic (exact) mass is 265 g/mol. The Morgan fingerprint density at radius 3 is 2.50 bits per heavy atom. The summed E-state index contributed by atoms with van der Waals surface area (Å²) < 4.78 is 25.9. The molecule has 1 aromatic rings. The lowest BCUT2D eigenvalue weighted by Crippen LogP contribution is -2.01. The van der Waals surface area contributed by atoms with Crippen molar-refractivity contribution in [1.82, 2.24) is 0 Å². The molecular weight excluding hydrogens is 260 g/mol. The minimum atomic E-state index is -1.16. The quantitative estimate of drug-likeness (QED) is 0.468. The fraction of sp³-hybridized carbons (Fsp3) is 0.250. The smallest absolute Gasteiger partial charge is 0.258 e. The van der Waals surface area contributed by atoms with Crippen LogP contribution in [0.1, 0.15) is 12.5 Å². The molecule has 3 nitrogen and oxygen atoms in total. The largest absolute Gasteiger partial charge is 0.276 e. The third-order valence-corrected chi connectivity index (χ3v) is 2.37. The van der Waals surface area contributed by atoms with Gasteiger partial charge in [0.1, 0.15) is 0 Å². The van der Waals surface area contributed by atoms with Gasteiger partial charge in [-0.3, -0.25) is 10.1 Å². The Morgan fingerprint density at radius 2 is 2.07 bits per heavy atom. The molecule has 0 heterocycles. The number of nitrogens with zero attached hydrogens (tertiary/aromatic N) is 1. The molecule has 0 unspecified atom stereocenters. The first-order chi connectivity index (χ1) is 6.49. The summed E-state index contributed by atoms with van der Waals surface area (Å²) in [6.45, 7) is 1.53. The highest BCUT2D eigenvalue weighted by Crippen LogP contribution is 2.30. The van der Waals surface area contributed by atoms with Gasteiger partial charge < -0.3 is 0 Å². The second-order valence-electron chi connectivity index (χ2n) is 2.59. The lowest BCUT2D eigenvalue weighted by molar-refractivity contribution is -0.385. The van der Waals surface area contributed by atoms with Crippen LogP contribution < -0.4 is 0 Å². The number of rotatable bonds is 2. The number of nitro groups is 1. The Balaban J connectivity index is 3.51. The SMILES string of the molecule is CCc1c([N+](=O)[O-])cc(Br)c(F)c1F. The molecule has 0 bridgehead atoms. The molecule has 76 valence electrons. The van der Waals surface area contributed by atoms with Crippen LogP contribution in [-0.4, -0.2) is 4.92 Å². The second-order valence-corrected chi connectivity index (χ2v) is 3.45. The van der Waals surface area contributed by atoms with Gasteiger partial charge in [-0.2, -0.15) is 0 Å². The number of benzene rings is 1. The molecule has 6 heteroatoms. The molecule has 1 aromatic carbocycles. The van der Waals surface area contributed by atoms with Gasteiger partial charge in [-0.05, 0) is 22.4 Å². The highest BCUT2D eigenvalue weighted by atomic mass is 79.9. The highest BCUT2D eigenvalue weighted by molar-refractivity contribution is 9.10. The van der Waals surface area contributed by atoms with Crippen LogP contribution in [0.5, 0.6) is 0 Å². The number of nitro benzene ring substituents is 1. The summed E-state index contributed by atoms with van der Waals surface area (Å²) in [5, 5.41) is 10.5. The van der Waals surface area contributed by atoms with Gasteiger partial charge in [0.2, 0.25) is 0 Å². The maximum Gasteiger partial charge on any atom is 0.276 e. The van der Waals surface area contributed by atoms with E-state index >= 15 is 0 Å². The zero-order valence-corrected chi connectivity index (χ0v) is 8.77. The molecule has 0 amide bonds. The maximum atomic E-state index is 13.2. The topological polar surface area (TPSA) is 43.1 Å². The molecule has 0 saturated carbocycles. The van der Waals surface area contributed by atoms with Crippen molar-refractivity contribution in [2.45, 2.75) is 13.3 Å². The summed E-state index contributed by atoms with van der Waals surface area (Å²) >= 11 is 2.71. The molecule has 0 aromatic heterocycles. The lowest BCUT2D eigenvalue weighted by atomic mass is 10.1. The average molecular weight is 266 g/mol. The Labute approximate surface area is 87.0 Å². The zero-order valence-electron chi connectivity index (χ0n) is 7.18. The number of halogens is 3. The van der Waals surface area contributed by atoms with E-state index in [0.29, 0.717) is 0 Å². The van der Waals surface area contributed by atoms with E-state index < -0.39 is 22.2 Å². The van der Waals surface area contributed by atoms with Gasteiger partial charge >= 0.3 is 0 Å². The zero-order chi connectivity index (χ0) is 10.9. The van der Waals surface area contributed by atoms with Crippen molar-refractivity contribution in [1.29, 1.82) is 0 Å². The van der Waals surface area contributed by atoms with Crippen molar-refractivity contribution in [3.8, 4) is 0 Å². The standard InChI is InChI=1S/C8H6BrF2NO2/c1-2-4-6(12(13)14)3-5(9)8(11)7(4)10/h3H,2H2,1H3. The van der Waals surface area contributed by atoms with Gasteiger partial charge in [0, 0.05) is 6.07 Å². The van der Waals surface area contributed by atoms with Gasteiger partial charge in [-0.1, -0.05) is 6.92 Å².